The van der Waals surface area contributed by atoms with E-state index in [4.69, 9.17) is 10.2 Å². The van der Waals surface area contributed by atoms with E-state index in [-0.39, 0.29) is 10.9 Å². The first-order valence-electron chi connectivity index (χ1n) is 11.2. The highest BCUT2D eigenvalue weighted by atomic mass is 28.4. The Hall–Kier alpha value is -1.33. The lowest BCUT2D eigenvalue weighted by Crippen LogP contribution is -2.44. The summed E-state index contributed by atoms with van der Waals surface area (Å²) in [5.74, 6) is 2.14. The minimum Gasteiger partial charge on any atom is -0.542 e. The SMILES string of the molecule is CCC(C)C[C@@H](C)Cc1ccc(O[Si](C)(C)C(C)(C)C)c(NC(=O)CCCN)c1. The number of nitrogens with two attached hydrogens (primary N) is 1. The molecule has 1 aromatic carbocycles. The van der Waals surface area contributed by atoms with Crippen LogP contribution in [0.2, 0.25) is 18.1 Å². The average Bonchev–Trinajstić information content (AvgIpc) is 2.60. The second-order valence-electron chi connectivity index (χ2n) is 10.2. The highest BCUT2D eigenvalue weighted by Crippen LogP contribution is 2.39. The van der Waals surface area contributed by atoms with E-state index in [0.717, 1.165) is 23.8 Å². The van der Waals surface area contributed by atoms with Crippen LogP contribution in [-0.2, 0) is 11.2 Å². The molecule has 5 heteroatoms. The molecule has 4 nitrogen and oxygen atoms in total. The summed E-state index contributed by atoms with van der Waals surface area (Å²) in [4.78, 5) is 12.4. The average molecular weight is 421 g/mol. The third-order valence-corrected chi connectivity index (χ3v) is 10.5. The number of hydrogen-bond donors (Lipinski definition) is 2. The molecule has 2 atom stereocenters. The molecular weight excluding hydrogens is 376 g/mol. The Morgan fingerprint density at radius 3 is 2.41 bits per heavy atom. The van der Waals surface area contributed by atoms with Crippen molar-refractivity contribution in [2.75, 3.05) is 11.9 Å². The highest BCUT2D eigenvalue weighted by molar-refractivity contribution is 6.74. The molecule has 1 rings (SSSR count). The summed E-state index contributed by atoms with van der Waals surface area (Å²) in [7, 11) is -2.00. The van der Waals surface area contributed by atoms with Gasteiger partial charge in [-0.05, 0) is 73.5 Å². The number of nitrogens with one attached hydrogen (secondary N) is 1. The fraction of sp³-hybridized carbons (Fsp3) is 0.708. The molecule has 0 aliphatic rings. The number of amides is 1. The molecule has 0 saturated heterocycles. The van der Waals surface area contributed by atoms with Gasteiger partial charge < -0.3 is 15.5 Å². The van der Waals surface area contributed by atoms with Gasteiger partial charge in [0.2, 0.25) is 5.91 Å². The van der Waals surface area contributed by atoms with Gasteiger partial charge in [-0.1, -0.05) is 54.0 Å². The van der Waals surface area contributed by atoms with Crippen LogP contribution in [0.5, 0.6) is 5.75 Å². The molecule has 0 heterocycles. The zero-order valence-corrected chi connectivity index (χ0v) is 21.0. The molecule has 166 valence electrons. The fourth-order valence-corrected chi connectivity index (χ4v) is 4.17. The van der Waals surface area contributed by atoms with Gasteiger partial charge in [0.05, 0.1) is 5.69 Å². The number of benzene rings is 1. The monoisotopic (exact) mass is 420 g/mol. The van der Waals surface area contributed by atoms with E-state index in [2.05, 4.69) is 72.1 Å². The quantitative estimate of drug-likeness (QED) is 0.409. The first-order valence-corrected chi connectivity index (χ1v) is 14.1. The van der Waals surface area contributed by atoms with E-state index < -0.39 is 8.32 Å². The molecule has 0 bridgehead atoms. The minimum atomic E-state index is -2.00. The molecule has 1 amide bonds. The number of rotatable bonds is 11. The molecule has 0 aliphatic heterocycles. The van der Waals surface area contributed by atoms with Crippen molar-refractivity contribution in [3.63, 3.8) is 0 Å². The summed E-state index contributed by atoms with van der Waals surface area (Å²) in [6.07, 6.45) is 4.57. The molecule has 0 saturated carbocycles. The van der Waals surface area contributed by atoms with E-state index in [1.807, 2.05) is 6.07 Å². The van der Waals surface area contributed by atoms with Gasteiger partial charge in [-0.25, -0.2) is 0 Å². The van der Waals surface area contributed by atoms with Gasteiger partial charge in [-0.15, -0.1) is 0 Å². The van der Waals surface area contributed by atoms with Gasteiger partial charge in [-0.2, -0.15) is 0 Å². The fourth-order valence-electron chi connectivity index (χ4n) is 3.13. The molecule has 1 aromatic rings. The van der Waals surface area contributed by atoms with Crippen LogP contribution < -0.4 is 15.5 Å². The van der Waals surface area contributed by atoms with Gasteiger partial charge >= 0.3 is 0 Å². The first-order chi connectivity index (χ1) is 13.4. The second kappa shape index (κ2) is 11.2. The van der Waals surface area contributed by atoms with E-state index in [0.29, 0.717) is 25.3 Å². The van der Waals surface area contributed by atoms with Gasteiger partial charge in [0.25, 0.3) is 8.32 Å². The molecule has 3 N–H and O–H groups in total. The molecule has 0 aromatic heterocycles. The van der Waals surface area contributed by atoms with Crippen LogP contribution in [0.1, 0.15) is 72.8 Å². The Morgan fingerprint density at radius 1 is 1.21 bits per heavy atom. The van der Waals surface area contributed by atoms with E-state index >= 15 is 0 Å². The van der Waals surface area contributed by atoms with Crippen molar-refractivity contribution < 1.29 is 9.22 Å². The minimum absolute atomic E-state index is 0.000310. The van der Waals surface area contributed by atoms with Crippen LogP contribution in [0, 0.1) is 11.8 Å². The van der Waals surface area contributed by atoms with Gasteiger partial charge in [0, 0.05) is 6.42 Å². The summed E-state index contributed by atoms with van der Waals surface area (Å²) < 4.78 is 6.54. The second-order valence-corrected chi connectivity index (χ2v) is 14.9. The lowest BCUT2D eigenvalue weighted by Gasteiger charge is -2.37. The third kappa shape index (κ3) is 8.51. The third-order valence-electron chi connectivity index (χ3n) is 6.18. The van der Waals surface area contributed by atoms with Gasteiger partial charge in [0.1, 0.15) is 5.75 Å². The van der Waals surface area contributed by atoms with Crippen molar-refractivity contribution >= 4 is 19.9 Å². The largest absolute Gasteiger partial charge is 0.542 e. The summed E-state index contributed by atoms with van der Waals surface area (Å²) in [5, 5.41) is 3.18. The summed E-state index contributed by atoms with van der Waals surface area (Å²) in [6.45, 7) is 18.5. The standard InChI is InChI=1S/C24H44N2O2Si/c1-9-18(2)15-19(3)16-20-12-13-22(28-29(7,8)24(4,5)6)21(17-20)26-23(27)11-10-14-25/h12-13,17-19H,9-11,14-16,25H2,1-8H3,(H,26,27)/t18?,19-/m1/s1. The van der Waals surface area contributed by atoms with Crippen molar-refractivity contribution in [1.82, 2.24) is 0 Å². The van der Waals surface area contributed by atoms with E-state index in [1.165, 1.54) is 18.4 Å². The molecule has 1 unspecified atom stereocenters. The number of anilines is 1. The molecule has 0 fully saturated rings. The predicted octanol–water partition coefficient (Wildman–Crippen LogP) is 6.36. The van der Waals surface area contributed by atoms with Crippen LogP contribution >= 0.6 is 0 Å². The Labute approximate surface area is 180 Å². The predicted molar refractivity (Wildman–Crippen MR) is 128 cm³/mol. The van der Waals surface area contributed by atoms with Crippen LogP contribution in [0.4, 0.5) is 5.69 Å². The maximum atomic E-state index is 12.4. The smallest absolute Gasteiger partial charge is 0.250 e. The molecule has 29 heavy (non-hydrogen) atoms. The summed E-state index contributed by atoms with van der Waals surface area (Å²) in [5.41, 5.74) is 7.61. The Bertz CT molecular complexity index is 653. The normalized spacial score (nSPS) is 14.4. The molecular formula is C24H44N2O2Si. The van der Waals surface area contributed by atoms with Crippen LogP contribution in [0.25, 0.3) is 0 Å². The highest BCUT2D eigenvalue weighted by Gasteiger charge is 2.39. The first kappa shape index (κ1) is 25.7. The molecule has 0 radical (unpaired) electrons. The maximum absolute atomic E-state index is 12.4. The Morgan fingerprint density at radius 2 is 1.86 bits per heavy atom. The van der Waals surface area contributed by atoms with Gasteiger partial charge in [-0.3, -0.25) is 4.79 Å². The van der Waals surface area contributed by atoms with Crippen LogP contribution in [-0.4, -0.2) is 20.8 Å². The lowest BCUT2D eigenvalue weighted by molar-refractivity contribution is -0.116. The van der Waals surface area contributed by atoms with Crippen molar-refractivity contribution in [3.8, 4) is 5.75 Å². The van der Waals surface area contributed by atoms with Crippen molar-refractivity contribution in [3.05, 3.63) is 23.8 Å². The molecule has 0 aliphatic carbocycles. The van der Waals surface area contributed by atoms with Crippen LogP contribution in [0.3, 0.4) is 0 Å². The van der Waals surface area contributed by atoms with E-state index in [9.17, 15) is 4.79 Å². The zero-order chi connectivity index (χ0) is 22.2. The summed E-state index contributed by atoms with van der Waals surface area (Å²) >= 11 is 0. The maximum Gasteiger partial charge on any atom is 0.250 e. The van der Waals surface area contributed by atoms with Gasteiger partial charge in [0.15, 0.2) is 0 Å². The van der Waals surface area contributed by atoms with Crippen molar-refractivity contribution in [2.24, 2.45) is 17.6 Å². The van der Waals surface area contributed by atoms with Crippen molar-refractivity contribution in [1.29, 1.82) is 0 Å². The topological polar surface area (TPSA) is 64.3 Å². The van der Waals surface area contributed by atoms with Crippen LogP contribution in [0.15, 0.2) is 18.2 Å². The number of carbonyl (C=O) groups is 1. The Balaban J connectivity index is 3.09. The Kier molecular flexibility index (Phi) is 9.90. The molecule has 0 spiro atoms. The van der Waals surface area contributed by atoms with E-state index in [1.54, 1.807) is 0 Å². The number of carbonyl (C=O) groups excluding carboxylic acids is 1. The number of hydrogen-bond acceptors (Lipinski definition) is 3. The zero-order valence-electron chi connectivity index (χ0n) is 20.0. The lowest BCUT2D eigenvalue weighted by atomic mass is 9.90. The van der Waals surface area contributed by atoms with Crippen molar-refractivity contribution in [2.45, 2.75) is 91.8 Å². The summed E-state index contributed by atoms with van der Waals surface area (Å²) in [6, 6.07) is 6.31.